The first-order valence-corrected chi connectivity index (χ1v) is 6.85. The maximum Gasteiger partial charge on any atom is 0.146 e. The number of nitrogen functional groups attached to an aromatic ring is 1. The lowest BCUT2D eigenvalue weighted by atomic mass is 10.1. The minimum absolute atomic E-state index is 0.529. The average Bonchev–Trinajstić information content (AvgIpc) is 2.65. The van der Waals surface area contributed by atoms with Crippen LogP contribution in [0.1, 0.15) is 30.1 Å². The van der Waals surface area contributed by atoms with Gasteiger partial charge < -0.3 is 15.2 Å². The lowest BCUT2D eigenvalue weighted by molar-refractivity contribution is 0.222. The summed E-state index contributed by atoms with van der Waals surface area (Å²) in [6.45, 7) is 6.56. The van der Waals surface area contributed by atoms with Crippen molar-refractivity contribution < 1.29 is 0 Å². The van der Waals surface area contributed by atoms with Crippen LogP contribution in [0.15, 0.2) is 6.33 Å². The van der Waals surface area contributed by atoms with Gasteiger partial charge in [0.2, 0.25) is 0 Å². The number of nitrogens with zero attached hydrogens (tertiary/aromatic N) is 4. The number of rotatable bonds is 1. The highest BCUT2D eigenvalue weighted by Crippen LogP contribution is 2.33. The number of fused-ring (bicyclic) bond motifs is 1. The highest BCUT2D eigenvalue weighted by atomic mass is 15.2. The van der Waals surface area contributed by atoms with Crippen LogP contribution in [-0.2, 0) is 0 Å². The lowest BCUT2D eigenvalue weighted by Crippen LogP contribution is -2.31. The summed E-state index contributed by atoms with van der Waals surface area (Å²) in [4.78, 5) is 11.0. The highest BCUT2D eigenvalue weighted by Gasteiger charge is 2.24. The summed E-state index contributed by atoms with van der Waals surface area (Å²) < 4.78 is 2.37. The molecular formula is C14H21N5. The van der Waals surface area contributed by atoms with Gasteiger partial charge in [-0.1, -0.05) is 0 Å². The van der Waals surface area contributed by atoms with E-state index in [1.807, 2.05) is 0 Å². The van der Waals surface area contributed by atoms with E-state index < -0.39 is 0 Å². The van der Waals surface area contributed by atoms with Crippen LogP contribution in [0, 0.1) is 13.8 Å². The van der Waals surface area contributed by atoms with Crippen molar-refractivity contribution in [2.24, 2.45) is 0 Å². The number of aryl methyl sites for hydroxylation is 1. The summed E-state index contributed by atoms with van der Waals surface area (Å²) in [6, 6.07) is 0.529. The molecule has 3 rings (SSSR count). The van der Waals surface area contributed by atoms with E-state index in [4.69, 9.17) is 5.73 Å². The van der Waals surface area contributed by atoms with Crippen LogP contribution in [-0.4, -0.2) is 39.6 Å². The van der Waals surface area contributed by atoms with Crippen LogP contribution in [0.25, 0.3) is 11.0 Å². The normalized spacial score (nSPS) is 18.3. The van der Waals surface area contributed by atoms with Crippen molar-refractivity contribution >= 4 is 16.9 Å². The van der Waals surface area contributed by atoms with E-state index in [0.717, 1.165) is 24.1 Å². The van der Waals surface area contributed by atoms with Gasteiger partial charge in [0.25, 0.3) is 0 Å². The quantitative estimate of drug-likeness (QED) is 0.849. The van der Waals surface area contributed by atoms with Gasteiger partial charge in [0.1, 0.15) is 17.8 Å². The largest absolute Gasteiger partial charge is 0.383 e. The molecule has 0 atom stereocenters. The van der Waals surface area contributed by atoms with Gasteiger partial charge in [-0.3, -0.25) is 0 Å². The molecule has 2 aromatic rings. The molecule has 0 aromatic carbocycles. The van der Waals surface area contributed by atoms with E-state index in [1.165, 1.54) is 24.1 Å². The molecule has 102 valence electrons. The lowest BCUT2D eigenvalue weighted by Gasteiger charge is -2.31. The molecule has 0 saturated carbocycles. The highest BCUT2D eigenvalue weighted by molar-refractivity contribution is 5.90. The Morgan fingerprint density at radius 3 is 2.58 bits per heavy atom. The molecule has 0 amide bonds. The third-order valence-corrected chi connectivity index (χ3v) is 4.42. The molecule has 1 aliphatic heterocycles. The molecule has 0 unspecified atom stereocenters. The van der Waals surface area contributed by atoms with Gasteiger partial charge in [-0.25, -0.2) is 9.97 Å². The number of hydrogen-bond donors (Lipinski definition) is 1. The molecule has 3 heterocycles. The third kappa shape index (κ3) is 1.89. The maximum absolute atomic E-state index is 6.02. The van der Waals surface area contributed by atoms with Crippen LogP contribution >= 0.6 is 0 Å². The third-order valence-electron chi connectivity index (χ3n) is 4.42. The second-order valence-corrected chi connectivity index (χ2v) is 5.57. The smallest absolute Gasteiger partial charge is 0.146 e. The summed E-state index contributed by atoms with van der Waals surface area (Å²) in [5.74, 6) is 0.595. The Labute approximate surface area is 113 Å². The Bertz CT molecular complexity index is 608. The minimum atomic E-state index is 0.529. The molecule has 1 aliphatic rings. The Balaban J connectivity index is 2.13. The van der Waals surface area contributed by atoms with Crippen molar-refractivity contribution in [3.05, 3.63) is 17.6 Å². The Kier molecular flexibility index (Phi) is 2.93. The van der Waals surface area contributed by atoms with E-state index >= 15 is 0 Å². The Hall–Kier alpha value is -1.62. The first kappa shape index (κ1) is 12.4. The number of likely N-dealkylation sites (tertiary alicyclic amines) is 1. The van der Waals surface area contributed by atoms with Crippen molar-refractivity contribution in [2.45, 2.75) is 32.7 Å². The zero-order valence-corrected chi connectivity index (χ0v) is 11.8. The molecular weight excluding hydrogens is 238 g/mol. The average molecular weight is 259 g/mol. The van der Waals surface area contributed by atoms with Crippen LogP contribution < -0.4 is 5.73 Å². The topological polar surface area (TPSA) is 60.0 Å². The molecule has 19 heavy (non-hydrogen) atoms. The molecule has 2 N–H and O–H groups in total. The van der Waals surface area contributed by atoms with Crippen molar-refractivity contribution in [3.63, 3.8) is 0 Å². The maximum atomic E-state index is 6.02. The SMILES string of the molecule is Cc1c(C)n(C2CCN(C)CC2)c2ncnc(N)c12. The second-order valence-electron chi connectivity index (χ2n) is 5.57. The van der Waals surface area contributed by atoms with Crippen LogP contribution in [0.4, 0.5) is 5.82 Å². The summed E-state index contributed by atoms with van der Waals surface area (Å²) in [6.07, 6.45) is 3.91. The predicted octanol–water partition coefficient (Wildman–Crippen LogP) is 1.90. The van der Waals surface area contributed by atoms with Gasteiger partial charge in [-0.05, 0) is 52.4 Å². The van der Waals surface area contributed by atoms with Crippen LogP contribution in [0.3, 0.4) is 0 Å². The monoisotopic (exact) mass is 259 g/mol. The first-order chi connectivity index (χ1) is 9.09. The summed E-state index contributed by atoms with van der Waals surface area (Å²) in [7, 11) is 2.18. The zero-order chi connectivity index (χ0) is 13.6. The van der Waals surface area contributed by atoms with Crippen LogP contribution in [0.5, 0.6) is 0 Å². The summed E-state index contributed by atoms with van der Waals surface area (Å²) >= 11 is 0. The van der Waals surface area contributed by atoms with E-state index in [9.17, 15) is 0 Å². The van der Waals surface area contributed by atoms with Gasteiger partial charge >= 0.3 is 0 Å². The molecule has 1 saturated heterocycles. The first-order valence-electron chi connectivity index (χ1n) is 6.85. The fourth-order valence-electron chi connectivity index (χ4n) is 3.15. The van der Waals surface area contributed by atoms with Gasteiger partial charge in [-0.2, -0.15) is 0 Å². The number of anilines is 1. The zero-order valence-electron chi connectivity index (χ0n) is 11.8. The molecule has 0 spiro atoms. The number of hydrogen-bond acceptors (Lipinski definition) is 4. The number of nitrogens with two attached hydrogens (primary N) is 1. The van der Waals surface area contributed by atoms with E-state index in [2.05, 4.69) is 40.3 Å². The molecule has 0 radical (unpaired) electrons. The van der Waals surface area contributed by atoms with Gasteiger partial charge in [0, 0.05) is 11.7 Å². The number of aromatic nitrogens is 3. The van der Waals surface area contributed by atoms with E-state index in [-0.39, 0.29) is 0 Å². The van der Waals surface area contributed by atoms with E-state index in [1.54, 1.807) is 6.33 Å². The van der Waals surface area contributed by atoms with Crippen molar-refractivity contribution in [3.8, 4) is 0 Å². The Morgan fingerprint density at radius 2 is 1.89 bits per heavy atom. The second kappa shape index (κ2) is 4.49. The van der Waals surface area contributed by atoms with Crippen molar-refractivity contribution in [1.29, 1.82) is 0 Å². The molecule has 0 aliphatic carbocycles. The van der Waals surface area contributed by atoms with Gasteiger partial charge in [0.15, 0.2) is 0 Å². The molecule has 5 nitrogen and oxygen atoms in total. The molecule has 0 bridgehead atoms. The molecule has 1 fully saturated rings. The Morgan fingerprint density at radius 1 is 1.21 bits per heavy atom. The van der Waals surface area contributed by atoms with Gasteiger partial charge in [-0.15, -0.1) is 0 Å². The standard InChI is InChI=1S/C14H21N5/c1-9-10(2)19(11-4-6-18(3)7-5-11)14-12(9)13(15)16-8-17-14/h8,11H,4-7H2,1-3H3,(H2,15,16,17). The summed E-state index contributed by atoms with van der Waals surface area (Å²) in [5, 5.41) is 1.03. The van der Waals surface area contributed by atoms with Crippen molar-refractivity contribution in [2.75, 3.05) is 25.9 Å². The minimum Gasteiger partial charge on any atom is -0.383 e. The van der Waals surface area contributed by atoms with Crippen molar-refractivity contribution in [1.82, 2.24) is 19.4 Å². The summed E-state index contributed by atoms with van der Waals surface area (Å²) in [5.41, 5.74) is 9.51. The molecule has 5 heteroatoms. The van der Waals surface area contributed by atoms with E-state index in [0.29, 0.717) is 11.9 Å². The predicted molar refractivity (Wildman–Crippen MR) is 77.2 cm³/mol. The fourth-order valence-corrected chi connectivity index (χ4v) is 3.15. The van der Waals surface area contributed by atoms with Crippen LogP contribution in [0.2, 0.25) is 0 Å². The number of piperidine rings is 1. The molecule has 2 aromatic heterocycles. The van der Waals surface area contributed by atoms with Gasteiger partial charge in [0.05, 0.1) is 5.39 Å². The fraction of sp³-hybridized carbons (Fsp3) is 0.571.